The van der Waals surface area contributed by atoms with Gasteiger partial charge in [0.05, 0.1) is 26.8 Å². The van der Waals surface area contributed by atoms with Crippen LogP contribution in [0.15, 0.2) is 48.5 Å². The lowest BCUT2D eigenvalue weighted by molar-refractivity contribution is -0.135. The molecule has 3 aromatic rings. The molecule has 0 saturated carbocycles. The molecule has 1 aromatic heterocycles. The van der Waals surface area contributed by atoms with Crippen LogP contribution in [-0.2, 0) is 4.79 Å². The third kappa shape index (κ3) is 4.07. The van der Waals surface area contributed by atoms with Gasteiger partial charge in [0, 0.05) is 6.54 Å². The molecule has 5 nitrogen and oxygen atoms in total. The van der Waals surface area contributed by atoms with Crippen LogP contribution in [0.4, 0.5) is 0 Å². The number of thiazole rings is 1. The fourth-order valence-corrected chi connectivity index (χ4v) is 5.21. The van der Waals surface area contributed by atoms with Gasteiger partial charge in [-0.2, -0.15) is 0 Å². The number of carbonyl (C=O) groups is 2. The number of nitrogens with zero attached hydrogens (tertiary/aromatic N) is 2. The van der Waals surface area contributed by atoms with Crippen molar-refractivity contribution in [3.63, 3.8) is 0 Å². The van der Waals surface area contributed by atoms with Crippen molar-refractivity contribution in [1.29, 1.82) is 0 Å². The van der Waals surface area contributed by atoms with Crippen LogP contribution in [-0.4, -0.2) is 34.3 Å². The number of hydrogen-bond donors (Lipinski definition) is 1. The molecular formula is C23H24ClN3O2S. The predicted octanol–water partition coefficient (Wildman–Crippen LogP) is 5.07. The molecule has 0 bridgehead atoms. The van der Waals surface area contributed by atoms with Crippen LogP contribution >= 0.6 is 22.9 Å². The van der Waals surface area contributed by atoms with E-state index in [1.165, 1.54) is 0 Å². The summed E-state index contributed by atoms with van der Waals surface area (Å²) in [5, 5.41) is 4.25. The summed E-state index contributed by atoms with van der Waals surface area (Å²) in [6.45, 7) is 4.56. The van der Waals surface area contributed by atoms with Crippen molar-refractivity contribution in [3.8, 4) is 0 Å². The van der Waals surface area contributed by atoms with Crippen LogP contribution in [0, 0.1) is 5.92 Å². The Labute approximate surface area is 185 Å². The normalized spacial score (nSPS) is 17.5. The first-order valence-electron chi connectivity index (χ1n) is 10.2. The number of likely N-dealkylation sites (tertiary alicyclic amines) is 1. The quantitative estimate of drug-likeness (QED) is 0.601. The molecular weight excluding hydrogens is 418 g/mol. The van der Waals surface area contributed by atoms with Crippen molar-refractivity contribution in [3.05, 3.63) is 64.1 Å². The van der Waals surface area contributed by atoms with E-state index in [9.17, 15) is 9.59 Å². The fourth-order valence-electron chi connectivity index (χ4n) is 3.88. The number of amides is 2. The minimum atomic E-state index is -0.622. The van der Waals surface area contributed by atoms with Crippen molar-refractivity contribution in [2.75, 3.05) is 6.54 Å². The maximum Gasteiger partial charge on any atom is 0.253 e. The van der Waals surface area contributed by atoms with Gasteiger partial charge in [0.15, 0.2) is 0 Å². The summed E-state index contributed by atoms with van der Waals surface area (Å²) < 4.78 is 1.12. The van der Waals surface area contributed by atoms with Crippen LogP contribution in [0.25, 0.3) is 10.2 Å². The van der Waals surface area contributed by atoms with Gasteiger partial charge in [-0.15, -0.1) is 11.3 Å². The Morgan fingerprint density at radius 2 is 1.90 bits per heavy atom. The van der Waals surface area contributed by atoms with Crippen molar-refractivity contribution in [2.45, 2.75) is 38.8 Å². The lowest BCUT2D eigenvalue weighted by Crippen LogP contribution is -2.51. The molecule has 4 rings (SSSR count). The molecule has 30 heavy (non-hydrogen) atoms. The van der Waals surface area contributed by atoms with Crippen molar-refractivity contribution < 1.29 is 9.59 Å². The van der Waals surface area contributed by atoms with E-state index in [4.69, 9.17) is 16.6 Å². The lowest BCUT2D eigenvalue weighted by Gasteiger charge is -2.30. The average Bonchev–Trinajstić information content (AvgIpc) is 3.38. The molecule has 0 aliphatic carbocycles. The van der Waals surface area contributed by atoms with Gasteiger partial charge in [-0.25, -0.2) is 4.98 Å². The van der Waals surface area contributed by atoms with Crippen LogP contribution in [0.2, 0.25) is 5.02 Å². The van der Waals surface area contributed by atoms with E-state index in [1.54, 1.807) is 35.6 Å². The highest BCUT2D eigenvalue weighted by Gasteiger charge is 2.37. The predicted molar refractivity (Wildman–Crippen MR) is 121 cm³/mol. The van der Waals surface area contributed by atoms with Crippen LogP contribution in [0.1, 0.15) is 48.1 Å². The van der Waals surface area contributed by atoms with Crippen LogP contribution in [0.3, 0.4) is 0 Å². The van der Waals surface area contributed by atoms with Gasteiger partial charge in [0.1, 0.15) is 11.0 Å². The third-order valence-corrected chi connectivity index (χ3v) is 6.94. The van der Waals surface area contributed by atoms with E-state index in [0.29, 0.717) is 17.1 Å². The maximum atomic E-state index is 13.5. The Kier molecular flexibility index (Phi) is 6.06. The number of benzene rings is 2. The van der Waals surface area contributed by atoms with E-state index in [0.717, 1.165) is 28.1 Å². The third-order valence-electron chi connectivity index (χ3n) is 5.47. The first-order chi connectivity index (χ1) is 14.5. The molecule has 2 amide bonds. The zero-order valence-electron chi connectivity index (χ0n) is 17.0. The second kappa shape index (κ2) is 8.74. The van der Waals surface area contributed by atoms with E-state index < -0.39 is 6.04 Å². The summed E-state index contributed by atoms with van der Waals surface area (Å²) in [7, 11) is 0. The maximum absolute atomic E-state index is 13.5. The number of carbonyl (C=O) groups excluding carboxylic acids is 2. The topological polar surface area (TPSA) is 62.3 Å². The second-order valence-electron chi connectivity index (χ2n) is 7.88. The number of rotatable bonds is 5. The van der Waals surface area contributed by atoms with E-state index in [2.05, 4.69) is 11.4 Å². The highest BCUT2D eigenvalue weighted by atomic mass is 35.5. The highest BCUT2D eigenvalue weighted by molar-refractivity contribution is 7.18. The van der Waals surface area contributed by atoms with Crippen LogP contribution < -0.4 is 5.32 Å². The molecule has 1 N–H and O–H groups in total. The van der Waals surface area contributed by atoms with Gasteiger partial charge in [-0.1, -0.05) is 49.7 Å². The molecule has 2 heterocycles. The minimum absolute atomic E-state index is 0.0478. The van der Waals surface area contributed by atoms with Gasteiger partial charge in [-0.3, -0.25) is 9.59 Å². The fraction of sp³-hybridized carbons (Fsp3) is 0.348. The van der Waals surface area contributed by atoms with E-state index in [1.807, 2.05) is 36.9 Å². The summed E-state index contributed by atoms with van der Waals surface area (Å²) in [6, 6.07) is 14.2. The van der Waals surface area contributed by atoms with Crippen molar-refractivity contribution in [1.82, 2.24) is 15.2 Å². The number of para-hydroxylation sites is 1. The van der Waals surface area contributed by atoms with Gasteiger partial charge in [0.2, 0.25) is 5.91 Å². The van der Waals surface area contributed by atoms with Crippen LogP contribution in [0.5, 0.6) is 0 Å². The number of aromatic nitrogens is 1. The number of fused-ring (bicyclic) bond motifs is 1. The molecule has 1 fully saturated rings. The Balaban J connectivity index is 1.56. The molecule has 1 aliphatic heterocycles. The van der Waals surface area contributed by atoms with E-state index >= 15 is 0 Å². The number of hydrogen-bond acceptors (Lipinski definition) is 4. The summed E-state index contributed by atoms with van der Waals surface area (Å²) in [5.41, 5.74) is 1.34. The zero-order chi connectivity index (χ0) is 21.3. The smallest absolute Gasteiger partial charge is 0.253 e. The number of halogens is 1. The van der Waals surface area contributed by atoms with E-state index in [-0.39, 0.29) is 23.8 Å². The van der Waals surface area contributed by atoms with Crippen molar-refractivity contribution in [2.24, 2.45) is 5.92 Å². The molecule has 156 valence electrons. The Morgan fingerprint density at radius 3 is 2.63 bits per heavy atom. The van der Waals surface area contributed by atoms with Crippen molar-refractivity contribution >= 4 is 45.0 Å². The number of nitrogens with one attached hydrogen (secondary N) is 1. The SMILES string of the molecule is CC(C)[C@H](NC(=O)c1ccccc1Cl)C(=O)N1CCCC1c1nc2ccccc2s1. The first kappa shape index (κ1) is 20.8. The average molecular weight is 442 g/mol. The Morgan fingerprint density at radius 1 is 1.17 bits per heavy atom. The van der Waals surface area contributed by atoms with Gasteiger partial charge >= 0.3 is 0 Å². The second-order valence-corrected chi connectivity index (χ2v) is 9.35. The summed E-state index contributed by atoms with van der Waals surface area (Å²) >= 11 is 7.81. The standard InChI is InChI=1S/C23H24ClN3O2S/c1-14(2)20(26-21(28)15-8-3-4-9-16(15)24)23(29)27-13-7-11-18(27)22-25-17-10-5-6-12-19(17)30-22/h3-6,8-10,12,14,18,20H,7,11,13H2,1-2H3,(H,26,28)/t18?,20-/m0/s1. The van der Waals surface area contributed by atoms with Gasteiger partial charge < -0.3 is 10.2 Å². The highest BCUT2D eigenvalue weighted by Crippen LogP contribution is 2.37. The molecule has 2 atom stereocenters. The monoisotopic (exact) mass is 441 g/mol. The Hall–Kier alpha value is -2.44. The molecule has 0 radical (unpaired) electrons. The zero-order valence-corrected chi connectivity index (χ0v) is 18.5. The molecule has 1 aliphatic rings. The molecule has 7 heteroatoms. The first-order valence-corrected chi connectivity index (χ1v) is 11.4. The summed E-state index contributed by atoms with van der Waals surface area (Å²) in [5.74, 6) is -0.448. The summed E-state index contributed by atoms with van der Waals surface area (Å²) in [6.07, 6.45) is 1.81. The largest absolute Gasteiger partial charge is 0.340 e. The minimum Gasteiger partial charge on any atom is -0.340 e. The Bertz CT molecular complexity index is 1050. The lowest BCUT2D eigenvalue weighted by atomic mass is 10.0. The summed E-state index contributed by atoms with van der Waals surface area (Å²) in [4.78, 5) is 32.9. The molecule has 0 spiro atoms. The molecule has 1 saturated heterocycles. The van der Waals surface area contributed by atoms with Gasteiger partial charge in [0.25, 0.3) is 5.91 Å². The molecule has 1 unspecified atom stereocenters. The molecule has 2 aromatic carbocycles. The van der Waals surface area contributed by atoms with Gasteiger partial charge in [-0.05, 0) is 43.0 Å².